The smallest absolute Gasteiger partial charge is 0.240 e. The van der Waals surface area contributed by atoms with Crippen LogP contribution in [0, 0.1) is 6.92 Å². The van der Waals surface area contributed by atoms with Crippen LogP contribution in [0.4, 0.5) is 0 Å². The van der Waals surface area contributed by atoms with E-state index in [1.165, 1.54) is 0 Å². The molecule has 0 spiro atoms. The summed E-state index contributed by atoms with van der Waals surface area (Å²) < 4.78 is 28.7. The molecule has 0 unspecified atom stereocenters. The van der Waals surface area contributed by atoms with Crippen LogP contribution in [0.2, 0.25) is 0 Å². The number of nitrogens with zero attached hydrogens (tertiary/aromatic N) is 2. The van der Waals surface area contributed by atoms with Crippen LogP contribution < -0.4 is 4.72 Å². The van der Waals surface area contributed by atoms with E-state index >= 15 is 0 Å². The van der Waals surface area contributed by atoms with Crippen molar-refractivity contribution in [2.75, 3.05) is 6.54 Å². The highest BCUT2D eigenvalue weighted by atomic mass is 32.2. The van der Waals surface area contributed by atoms with E-state index < -0.39 is 10.0 Å². The molecule has 102 valence electrons. The Balaban J connectivity index is 2.03. The third kappa shape index (κ3) is 3.21. The zero-order valence-corrected chi connectivity index (χ0v) is 11.8. The molecule has 0 saturated heterocycles. The van der Waals surface area contributed by atoms with E-state index in [0.717, 1.165) is 11.4 Å². The fourth-order valence-electron chi connectivity index (χ4n) is 1.87. The summed E-state index contributed by atoms with van der Waals surface area (Å²) in [5.74, 6) is 0.854. The van der Waals surface area contributed by atoms with E-state index in [2.05, 4.69) is 9.71 Å². The number of nitrogens with one attached hydrogen (secondary N) is 1. The Morgan fingerprint density at radius 1 is 1.32 bits per heavy atom. The molecule has 0 fully saturated rings. The summed E-state index contributed by atoms with van der Waals surface area (Å²) in [7, 11) is -1.56. The summed E-state index contributed by atoms with van der Waals surface area (Å²) in [6.45, 7) is 2.12. The quantitative estimate of drug-likeness (QED) is 0.896. The van der Waals surface area contributed by atoms with Crippen molar-refractivity contribution in [2.45, 2.75) is 18.2 Å². The van der Waals surface area contributed by atoms with Crippen molar-refractivity contribution < 1.29 is 8.42 Å². The minimum absolute atomic E-state index is 0.329. The van der Waals surface area contributed by atoms with E-state index in [-0.39, 0.29) is 0 Å². The van der Waals surface area contributed by atoms with Gasteiger partial charge < -0.3 is 4.57 Å². The maximum absolute atomic E-state index is 12.1. The van der Waals surface area contributed by atoms with E-state index in [1.807, 2.05) is 23.9 Å². The van der Waals surface area contributed by atoms with Crippen molar-refractivity contribution in [2.24, 2.45) is 7.05 Å². The Bertz CT molecular complexity index is 662. The molecule has 6 heteroatoms. The first kappa shape index (κ1) is 13.8. The van der Waals surface area contributed by atoms with Gasteiger partial charge in [-0.05, 0) is 18.6 Å². The first-order valence-corrected chi connectivity index (χ1v) is 7.50. The average molecular weight is 279 g/mol. The van der Waals surface area contributed by atoms with Gasteiger partial charge in [0.2, 0.25) is 10.0 Å². The van der Waals surface area contributed by atoms with Gasteiger partial charge in [0.15, 0.2) is 0 Å². The van der Waals surface area contributed by atoms with Gasteiger partial charge in [-0.2, -0.15) is 0 Å². The third-order valence-electron chi connectivity index (χ3n) is 2.94. The van der Waals surface area contributed by atoms with Crippen molar-refractivity contribution in [1.29, 1.82) is 0 Å². The zero-order valence-electron chi connectivity index (χ0n) is 11.0. The van der Waals surface area contributed by atoms with Gasteiger partial charge in [-0.3, -0.25) is 0 Å². The van der Waals surface area contributed by atoms with E-state index in [0.29, 0.717) is 17.9 Å². The molecule has 0 aliphatic heterocycles. The molecule has 0 aliphatic rings. The van der Waals surface area contributed by atoms with Gasteiger partial charge in [-0.1, -0.05) is 18.2 Å². The van der Waals surface area contributed by atoms with Gasteiger partial charge >= 0.3 is 0 Å². The van der Waals surface area contributed by atoms with Crippen LogP contribution in [0.25, 0.3) is 0 Å². The molecule has 1 heterocycles. The molecule has 2 rings (SSSR count). The molecular formula is C13H17N3O2S. The molecule has 0 atom stereocenters. The van der Waals surface area contributed by atoms with Crippen LogP contribution in [0.1, 0.15) is 11.4 Å². The largest absolute Gasteiger partial charge is 0.338 e. The van der Waals surface area contributed by atoms with Crippen molar-refractivity contribution in [3.8, 4) is 0 Å². The molecule has 0 amide bonds. The predicted octanol–water partition coefficient (Wildman–Crippen LogP) is 1.25. The lowest BCUT2D eigenvalue weighted by molar-refractivity contribution is 0.579. The van der Waals surface area contributed by atoms with Crippen molar-refractivity contribution >= 4 is 10.0 Å². The van der Waals surface area contributed by atoms with Gasteiger partial charge in [0.05, 0.1) is 4.90 Å². The molecular weight excluding hydrogens is 262 g/mol. The van der Waals surface area contributed by atoms with Crippen LogP contribution in [0.5, 0.6) is 0 Å². The third-order valence-corrected chi connectivity index (χ3v) is 4.57. The summed E-state index contributed by atoms with van der Waals surface area (Å²) >= 11 is 0. The second-order valence-corrected chi connectivity index (χ2v) is 6.10. The highest BCUT2D eigenvalue weighted by Crippen LogP contribution is 2.13. The Morgan fingerprint density at radius 3 is 2.68 bits per heavy atom. The summed E-state index contributed by atoms with van der Waals surface area (Å²) in [5.41, 5.74) is 0.743. The summed E-state index contributed by atoms with van der Waals surface area (Å²) in [5, 5.41) is 0. The van der Waals surface area contributed by atoms with E-state index in [4.69, 9.17) is 0 Å². The number of aromatic nitrogens is 2. The Hall–Kier alpha value is -1.66. The first-order chi connectivity index (χ1) is 9.00. The number of rotatable bonds is 5. The minimum atomic E-state index is -3.44. The number of benzene rings is 1. The van der Waals surface area contributed by atoms with E-state index in [9.17, 15) is 8.42 Å². The standard InChI is InChI=1S/C13H17N3O2S/c1-11-5-3-4-6-12(11)19(17,18)15-8-7-13-14-9-10-16(13)2/h3-6,9-10,15H,7-8H2,1-2H3. The summed E-state index contributed by atoms with van der Waals surface area (Å²) in [6, 6.07) is 6.94. The summed E-state index contributed by atoms with van der Waals surface area (Å²) in [4.78, 5) is 4.48. The normalized spacial score (nSPS) is 11.7. The fraction of sp³-hybridized carbons (Fsp3) is 0.308. The molecule has 0 aliphatic carbocycles. The van der Waals surface area contributed by atoms with Gasteiger partial charge in [0.1, 0.15) is 5.82 Å². The maximum atomic E-state index is 12.1. The monoisotopic (exact) mass is 279 g/mol. The second kappa shape index (κ2) is 5.54. The lowest BCUT2D eigenvalue weighted by atomic mass is 10.2. The van der Waals surface area contributed by atoms with Gasteiger partial charge in [-0.15, -0.1) is 0 Å². The van der Waals surface area contributed by atoms with Crippen molar-refractivity contribution in [1.82, 2.24) is 14.3 Å². The topological polar surface area (TPSA) is 64.0 Å². The molecule has 1 N–H and O–H groups in total. The molecule has 2 aromatic rings. The zero-order chi connectivity index (χ0) is 13.9. The predicted molar refractivity (Wildman–Crippen MR) is 73.3 cm³/mol. The van der Waals surface area contributed by atoms with Crippen molar-refractivity contribution in [3.63, 3.8) is 0 Å². The molecule has 0 bridgehead atoms. The number of sulfonamides is 1. The lowest BCUT2D eigenvalue weighted by Crippen LogP contribution is -2.27. The number of aryl methyl sites for hydroxylation is 2. The van der Waals surface area contributed by atoms with Crippen LogP contribution in [0.15, 0.2) is 41.6 Å². The molecule has 0 saturated carbocycles. The van der Waals surface area contributed by atoms with Crippen LogP contribution >= 0.6 is 0 Å². The average Bonchev–Trinajstić information content (AvgIpc) is 2.75. The highest BCUT2D eigenvalue weighted by molar-refractivity contribution is 7.89. The first-order valence-electron chi connectivity index (χ1n) is 6.02. The summed E-state index contributed by atoms with van der Waals surface area (Å²) in [6.07, 6.45) is 4.10. The molecule has 5 nitrogen and oxygen atoms in total. The van der Waals surface area contributed by atoms with Crippen LogP contribution in [-0.2, 0) is 23.5 Å². The van der Waals surface area contributed by atoms with Gasteiger partial charge in [0.25, 0.3) is 0 Å². The number of hydrogen-bond donors (Lipinski definition) is 1. The fourth-order valence-corrected chi connectivity index (χ4v) is 3.15. The van der Waals surface area contributed by atoms with Gasteiger partial charge in [0, 0.05) is 32.4 Å². The molecule has 0 radical (unpaired) electrons. The molecule has 19 heavy (non-hydrogen) atoms. The van der Waals surface area contributed by atoms with E-state index in [1.54, 1.807) is 31.3 Å². The van der Waals surface area contributed by atoms with Crippen molar-refractivity contribution in [3.05, 3.63) is 48.0 Å². The van der Waals surface area contributed by atoms with Crippen LogP contribution in [-0.4, -0.2) is 24.5 Å². The Kier molecular flexibility index (Phi) is 4.01. The molecule has 1 aromatic carbocycles. The highest BCUT2D eigenvalue weighted by Gasteiger charge is 2.15. The second-order valence-electron chi connectivity index (χ2n) is 4.37. The lowest BCUT2D eigenvalue weighted by Gasteiger charge is -2.09. The molecule has 1 aromatic heterocycles. The minimum Gasteiger partial charge on any atom is -0.338 e. The Morgan fingerprint density at radius 2 is 2.05 bits per heavy atom. The number of imidazole rings is 1. The van der Waals surface area contributed by atoms with Crippen LogP contribution in [0.3, 0.4) is 0 Å². The number of hydrogen-bond acceptors (Lipinski definition) is 3. The SMILES string of the molecule is Cc1ccccc1S(=O)(=O)NCCc1nccn1C. The van der Waals surface area contributed by atoms with Gasteiger partial charge in [-0.25, -0.2) is 18.1 Å². The maximum Gasteiger partial charge on any atom is 0.240 e. The Labute approximate surface area is 113 Å².